The van der Waals surface area contributed by atoms with Crippen molar-refractivity contribution in [1.29, 1.82) is 0 Å². The first-order chi connectivity index (χ1) is 10.1. The number of likely N-dealkylation sites (tertiary alicyclic amines) is 1. The Kier molecular flexibility index (Phi) is 4.03. The number of hydrogen-bond donors (Lipinski definition) is 2. The molecule has 1 aliphatic heterocycles. The van der Waals surface area contributed by atoms with Crippen LogP contribution in [0.5, 0.6) is 0 Å². The third-order valence-corrected chi connectivity index (χ3v) is 4.17. The molecule has 5 heteroatoms. The predicted molar refractivity (Wildman–Crippen MR) is 91.8 cm³/mol. The minimum Gasteiger partial charge on any atom is -0.389 e. The van der Waals surface area contributed by atoms with Crippen molar-refractivity contribution in [3.05, 3.63) is 35.9 Å². The molecule has 1 unspecified atom stereocenters. The first-order valence-electron chi connectivity index (χ1n) is 7.28. The van der Waals surface area contributed by atoms with Crippen LogP contribution < -0.4 is 11.1 Å². The molecule has 0 amide bonds. The molecule has 1 saturated heterocycles. The number of nitrogens with one attached hydrogen (secondary N) is 1. The first-order valence-corrected chi connectivity index (χ1v) is 7.69. The fraction of sp³-hybridized carbons (Fsp3) is 0.375. The summed E-state index contributed by atoms with van der Waals surface area (Å²) >= 11 is 5.19. The summed E-state index contributed by atoms with van der Waals surface area (Å²) in [4.78, 5) is 7.44. The summed E-state index contributed by atoms with van der Waals surface area (Å²) in [7, 11) is 2.15. The van der Waals surface area contributed by atoms with Gasteiger partial charge >= 0.3 is 0 Å². The van der Waals surface area contributed by atoms with Crippen molar-refractivity contribution in [2.75, 3.05) is 25.5 Å². The maximum absolute atomic E-state index is 5.88. The number of hydrogen-bond acceptors (Lipinski definition) is 4. The van der Waals surface area contributed by atoms with Gasteiger partial charge in [0, 0.05) is 18.0 Å². The molecule has 0 radical (unpaired) electrons. The van der Waals surface area contributed by atoms with E-state index in [1.165, 1.54) is 6.42 Å². The van der Waals surface area contributed by atoms with Gasteiger partial charge in [-0.3, -0.25) is 0 Å². The molecule has 0 aliphatic carbocycles. The summed E-state index contributed by atoms with van der Waals surface area (Å²) in [6.07, 6.45) is 2.35. The molecule has 0 saturated carbocycles. The zero-order chi connectivity index (χ0) is 14.8. The lowest BCUT2D eigenvalue weighted by Crippen LogP contribution is -2.40. The maximum atomic E-state index is 5.88. The van der Waals surface area contributed by atoms with Crippen molar-refractivity contribution >= 4 is 33.9 Å². The molecule has 21 heavy (non-hydrogen) atoms. The number of fused-ring (bicyclic) bond motifs is 1. The lowest BCUT2D eigenvalue weighted by atomic mass is 10.1. The molecule has 3 rings (SSSR count). The van der Waals surface area contributed by atoms with Gasteiger partial charge in [0.1, 0.15) is 10.8 Å². The van der Waals surface area contributed by atoms with Crippen LogP contribution >= 0.6 is 12.2 Å². The van der Waals surface area contributed by atoms with E-state index in [2.05, 4.69) is 17.3 Å². The number of para-hydroxylation sites is 1. The Bertz CT molecular complexity index is 670. The van der Waals surface area contributed by atoms with Crippen LogP contribution in [0, 0.1) is 0 Å². The topological polar surface area (TPSA) is 54.2 Å². The SMILES string of the molecule is CN1CCCC(Nc2nc3ccccc3cc2C(N)=S)C1. The van der Waals surface area contributed by atoms with Gasteiger partial charge in [0.25, 0.3) is 0 Å². The van der Waals surface area contributed by atoms with Gasteiger partial charge in [0.2, 0.25) is 0 Å². The molecule has 1 aliphatic rings. The zero-order valence-corrected chi connectivity index (χ0v) is 13.0. The quantitative estimate of drug-likeness (QED) is 0.852. The van der Waals surface area contributed by atoms with Crippen molar-refractivity contribution in [3.63, 3.8) is 0 Å². The Morgan fingerprint density at radius 2 is 2.24 bits per heavy atom. The van der Waals surface area contributed by atoms with E-state index < -0.39 is 0 Å². The Balaban J connectivity index is 1.95. The third-order valence-electron chi connectivity index (χ3n) is 3.95. The van der Waals surface area contributed by atoms with Gasteiger partial charge in [-0.25, -0.2) is 4.98 Å². The molecule has 4 nitrogen and oxygen atoms in total. The summed E-state index contributed by atoms with van der Waals surface area (Å²) in [6.45, 7) is 2.18. The molecular formula is C16H20N4S. The Morgan fingerprint density at radius 3 is 3.00 bits per heavy atom. The van der Waals surface area contributed by atoms with Crippen molar-refractivity contribution in [2.24, 2.45) is 5.73 Å². The van der Waals surface area contributed by atoms with Crippen molar-refractivity contribution in [3.8, 4) is 0 Å². The van der Waals surface area contributed by atoms with Crippen molar-refractivity contribution in [2.45, 2.75) is 18.9 Å². The van der Waals surface area contributed by atoms with E-state index in [0.717, 1.165) is 41.8 Å². The molecule has 0 spiro atoms. The average molecular weight is 300 g/mol. The second-order valence-corrected chi connectivity index (χ2v) is 6.13. The highest BCUT2D eigenvalue weighted by Crippen LogP contribution is 2.22. The Labute approximate surface area is 130 Å². The monoisotopic (exact) mass is 300 g/mol. The van der Waals surface area contributed by atoms with E-state index >= 15 is 0 Å². The number of thiocarbonyl (C=S) groups is 1. The van der Waals surface area contributed by atoms with Crippen molar-refractivity contribution in [1.82, 2.24) is 9.88 Å². The second kappa shape index (κ2) is 5.95. The van der Waals surface area contributed by atoms with Crippen LogP contribution in [0.4, 0.5) is 5.82 Å². The molecule has 1 atom stereocenters. The number of rotatable bonds is 3. The Morgan fingerprint density at radius 1 is 1.43 bits per heavy atom. The molecule has 1 fully saturated rings. The minimum atomic E-state index is 0.389. The van der Waals surface area contributed by atoms with Crippen LogP contribution in [0.25, 0.3) is 10.9 Å². The van der Waals surface area contributed by atoms with E-state index in [1.54, 1.807) is 0 Å². The third kappa shape index (κ3) is 3.14. The van der Waals surface area contributed by atoms with Crippen LogP contribution in [-0.2, 0) is 0 Å². The van der Waals surface area contributed by atoms with Crippen LogP contribution in [-0.4, -0.2) is 41.1 Å². The van der Waals surface area contributed by atoms with E-state index in [4.69, 9.17) is 22.9 Å². The summed E-state index contributed by atoms with van der Waals surface area (Å²) in [5.41, 5.74) is 7.67. The molecule has 1 aromatic carbocycles. The molecule has 1 aromatic heterocycles. The highest BCUT2D eigenvalue weighted by Gasteiger charge is 2.19. The molecular weight excluding hydrogens is 280 g/mol. The standard InChI is InChI=1S/C16H20N4S/c1-20-8-4-6-12(10-20)18-16-13(15(17)21)9-11-5-2-3-7-14(11)19-16/h2-3,5,7,9,12H,4,6,8,10H2,1H3,(H2,17,21)(H,18,19). The van der Waals surface area contributed by atoms with E-state index in [0.29, 0.717) is 11.0 Å². The van der Waals surface area contributed by atoms with Gasteiger partial charge in [-0.2, -0.15) is 0 Å². The van der Waals surface area contributed by atoms with Gasteiger partial charge < -0.3 is 16.0 Å². The highest BCUT2D eigenvalue weighted by atomic mass is 32.1. The summed E-state index contributed by atoms with van der Waals surface area (Å²) in [5.74, 6) is 0.807. The maximum Gasteiger partial charge on any atom is 0.137 e. The largest absolute Gasteiger partial charge is 0.389 e. The van der Waals surface area contributed by atoms with Gasteiger partial charge in [-0.05, 0) is 38.6 Å². The number of nitrogens with zero attached hydrogens (tertiary/aromatic N) is 2. The van der Waals surface area contributed by atoms with Crippen LogP contribution in [0.1, 0.15) is 18.4 Å². The van der Waals surface area contributed by atoms with Crippen LogP contribution in [0.3, 0.4) is 0 Å². The zero-order valence-electron chi connectivity index (χ0n) is 12.2. The first kappa shape index (κ1) is 14.2. The fourth-order valence-corrected chi connectivity index (χ4v) is 3.05. The second-order valence-electron chi connectivity index (χ2n) is 5.69. The van der Waals surface area contributed by atoms with E-state index in [9.17, 15) is 0 Å². The number of likely N-dealkylation sites (N-methyl/N-ethyl adjacent to an activating group) is 1. The number of aromatic nitrogens is 1. The summed E-state index contributed by atoms with van der Waals surface area (Å²) in [5, 5.41) is 4.59. The normalized spacial score (nSPS) is 19.6. The van der Waals surface area contributed by atoms with E-state index in [-0.39, 0.29) is 0 Å². The number of benzene rings is 1. The van der Waals surface area contributed by atoms with Crippen LogP contribution in [0.2, 0.25) is 0 Å². The average Bonchev–Trinajstić information content (AvgIpc) is 2.46. The fourth-order valence-electron chi connectivity index (χ4n) is 2.89. The molecule has 3 N–H and O–H groups in total. The number of nitrogens with two attached hydrogens (primary N) is 1. The minimum absolute atomic E-state index is 0.389. The number of pyridine rings is 1. The van der Waals surface area contributed by atoms with Gasteiger partial charge in [-0.15, -0.1) is 0 Å². The van der Waals surface area contributed by atoms with Gasteiger partial charge in [0.05, 0.1) is 11.1 Å². The molecule has 2 heterocycles. The molecule has 110 valence electrons. The van der Waals surface area contributed by atoms with Crippen molar-refractivity contribution < 1.29 is 0 Å². The van der Waals surface area contributed by atoms with Gasteiger partial charge in [-0.1, -0.05) is 30.4 Å². The molecule has 2 aromatic rings. The highest BCUT2D eigenvalue weighted by molar-refractivity contribution is 7.80. The van der Waals surface area contributed by atoms with Crippen LogP contribution in [0.15, 0.2) is 30.3 Å². The Hall–Kier alpha value is -1.72. The molecule has 0 bridgehead atoms. The summed E-state index contributed by atoms with van der Waals surface area (Å²) in [6, 6.07) is 10.5. The lowest BCUT2D eigenvalue weighted by molar-refractivity contribution is 0.261. The van der Waals surface area contributed by atoms with E-state index in [1.807, 2.05) is 30.3 Å². The predicted octanol–water partition coefficient (Wildman–Crippen LogP) is 2.38. The smallest absolute Gasteiger partial charge is 0.137 e. The number of anilines is 1. The van der Waals surface area contributed by atoms with Gasteiger partial charge in [0.15, 0.2) is 0 Å². The number of piperidine rings is 1. The lowest BCUT2D eigenvalue weighted by Gasteiger charge is -2.31. The summed E-state index contributed by atoms with van der Waals surface area (Å²) < 4.78 is 0.